The van der Waals surface area contributed by atoms with Gasteiger partial charge in [0.05, 0.1) is 15.3 Å². The predicted octanol–water partition coefficient (Wildman–Crippen LogP) is 3.30. The van der Waals surface area contributed by atoms with Gasteiger partial charge >= 0.3 is 5.69 Å². The Morgan fingerprint density at radius 1 is 1.53 bits per heavy atom. The van der Waals surface area contributed by atoms with Gasteiger partial charge in [0.1, 0.15) is 11.6 Å². The predicted molar refractivity (Wildman–Crippen MR) is 75.0 cm³/mol. The van der Waals surface area contributed by atoms with Crippen LogP contribution in [0.2, 0.25) is 0 Å². The average molecular weight is 339 g/mol. The number of hydrogen-bond acceptors (Lipinski definition) is 6. The second-order valence-electron chi connectivity index (χ2n) is 3.48. The zero-order valence-electron chi connectivity index (χ0n) is 9.46. The van der Waals surface area contributed by atoms with Crippen LogP contribution in [0.3, 0.4) is 0 Å². The summed E-state index contributed by atoms with van der Waals surface area (Å²) in [5, 5.41) is 22.7. The van der Waals surface area contributed by atoms with E-state index in [0.29, 0.717) is 6.54 Å². The van der Waals surface area contributed by atoms with Crippen LogP contribution in [0.1, 0.15) is 10.4 Å². The van der Waals surface area contributed by atoms with Gasteiger partial charge in [-0.05, 0) is 34.1 Å². The van der Waals surface area contributed by atoms with Crippen LogP contribution in [0.15, 0.2) is 28.2 Å². The Labute approximate surface area is 121 Å². The van der Waals surface area contributed by atoms with Crippen LogP contribution in [0, 0.1) is 21.4 Å². The second kappa shape index (κ2) is 5.77. The van der Waals surface area contributed by atoms with Crippen molar-refractivity contribution in [1.82, 2.24) is 4.98 Å². The molecule has 0 aromatic carbocycles. The lowest BCUT2D eigenvalue weighted by Crippen LogP contribution is -2.05. The molecule has 0 aliphatic heterocycles. The molecule has 0 amide bonds. The van der Waals surface area contributed by atoms with Gasteiger partial charge in [0.2, 0.25) is 5.82 Å². The fourth-order valence-electron chi connectivity index (χ4n) is 1.48. The molecule has 0 saturated heterocycles. The molecule has 0 spiro atoms. The van der Waals surface area contributed by atoms with Gasteiger partial charge in [0.15, 0.2) is 0 Å². The van der Waals surface area contributed by atoms with E-state index in [1.54, 1.807) is 6.07 Å². The van der Waals surface area contributed by atoms with Crippen LogP contribution in [0.25, 0.3) is 0 Å². The first-order chi connectivity index (χ1) is 9.11. The van der Waals surface area contributed by atoms with E-state index >= 15 is 0 Å². The average Bonchev–Trinajstić information content (AvgIpc) is 2.81. The summed E-state index contributed by atoms with van der Waals surface area (Å²) in [5.74, 6) is 0.105. The van der Waals surface area contributed by atoms with E-state index in [1.165, 1.54) is 23.6 Å². The van der Waals surface area contributed by atoms with Gasteiger partial charge in [-0.2, -0.15) is 5.26 Å². The fourth-order valence-corrected chi connectivity index (χ4v) is 2.90. The molecule has 2 aromatic rings. The molecule has 0 saturated carbocycles. The third-order valence-electron chi connectivity index (χ3n) is 2.29. The first kappa shape index (κ1) is 13.5. The first-order valence-electron chi connectivity index (χ1n) is 5.13. The summed E-state index contributed by atoms with van der Waals surface area (Å²) in [4.78, 5) is 15.3. The number of aromatic nitrogens is 1. The van der Waals surface area contributed by atoms with Crippen LogP contribution in [0.4, 0.5) is 11.5 Å². The van der Waals surface area contributed by atoms with Crippen molar-refractivity contribution >= 4 is 38.8 Å². The zero-order chi connectivity index (χ0) is 13.8. The molecular formula is C11H7BrN4O2S. The van der Waals surface area contributed by atoms with Gasteiger partial charge in [-0.15, -0.1) is 11.3 Å². The second-order valence-corrected chi connectivity index (χ2v) is 6.03. The van der Waals surface area contributed by atoms with Crippen molar-refractivity contribution in [3.63, 3.8) is 0 Å². The van der Waals surface area contributed by atoms with Gasteiger partial charge in [-0.25, -0.2) is 4.98 Å². The smallest absolute Gasteiger partial charge is 0.328 e. The molecule has 0 unspecified atom stereocenters. The minimum Gasteiger partial charge on any atom is -0.359 e. The summed E-state index contributed by atoms with van der Waals surface area (Å²) in [7, 11) is 0. The molecule has 8 heteroatoms. The summed E-state index contributed by atoms with van der Waals surface area (Å²) < 4.78 is 0.984. The number of thiophene rings is 1. The highest BCUT2D eigenvalue weighted by Gasteiger charge is 2.20. The van der Waals surface area contributed by atoms with Crippen LogP contribution in [0.5, 0.6) is 0 Å². The Balaban J connectivity index is 2.25. The molecular weight excluding hydrogens is 332 g/mol. The Morgan fingerprint density at radius 3 is 2.89 bits per heavy atom. The Bertz CT molecular complexity index is 665. The van der Waals surface area contributed by atoms with Crippen molar-refractivity contribution in [3.8, 4) is 6.07 Å². The number of nitrogens with one attached hydrogen (secondary N) is 1. The van der Waals surface area contributed by atoms with E-state index in [0.717, 1.165) is 8.66 Å². The molecule has 2 aromatic heterocycles. The molecule has 2 rings (SSSR count). The minimum absolute atomic E-state index is 0.00476. The number of nitriles is 1. The summed E-state index contributed by atoms with van der Waals surface area (Å²) >= 11 is 4.87. The number of halogens is 1. The van der Waals surface area contributed by atoms with Crippen molar-refractivity contribution in [1.29, 1.82) is 5.26 Å². The molecule has 96 valence electrons. The summed E-state index contributed by atoms with van der Waals surface area (Å²) in [6, 6.07) is 6.92. The zero-order valence-corrected chi connectivity index (χ0v) is 11.9. The molecule has 0 atom stereocenters. The van der Waals surface area contributed by atoms with Crippen molar-refractivity contribution in [3.05, 3.63) is 48.7 Å². The number of rotatable bonds is 4. The standard InChI is InChI=1S/C11H7BrN4O2S/c12-9-2-1-8(19-9)6-15-11-10(16(17)18)7(5-13)3-4-14-11/h1-4H,6H2,(H,14,15). The largest absolute Gasteiger partial charge is 0.359 e. The third kappa shape index (κ3) is 3.07. The van der Waals surface area contributed by atoms with Gasteiger partial charge in [-0.3, -0.25) is 10.1 Å². The lowest BCUT2D eigenvalue weighted by atomic mass is 10.2. The maximum atomic E-state index is 11.0. The lowest BCUT2D eigenvalue weighted by Gasteiger charge is -2.05. The van der Waals surface area contributed by atoms with Gasteiger partial charge in [0, 0.05) is 11.1 Å². The van der Waals surface area contributed by atoms with Gasteiger partial charge in [-0.1, -0.05) is 0 Å². The fraction of sp³-hybridized carbons (Fsp3) is 0.0909. The molecule has 0 radical (unpaired) electrons. The monoisotopic (exact) mass is 338 g/mol. The van der Waals surface area contributed by atoms with Crippen molar-refractivity contribution < 1.29 is 4.92 Å². The summed E-state index contributed by atoms with van der Waals surface area (Å²) in [6.07, 6.45) is 1.37. The minimum atomic E-state index is -0.599. The molecule has 6 nitrogen and oxygen atoms in total. The van der Waals surface area contributed by atoms with Crippen molar-refractivity contribution in [2.45, 2.75) is 6.54 Å². The molecule has 1 N–H and O–H groups in total. The summed E-state index contributed by atoms with van der Waals surface area (Å²) in [6.45, 7) is 0.416. The molecule has 2 heterocycles. The topological polar surface area (TPSA) is 91.8 Å². The third-order valence-corrected chi connectivity index (χ3v) is 3.91. The Morgan fingerprint density at radius 2 is 2.32 bits per heavy atom. The first-order valence-corrected chi connectivity index (χ1v) is 6.74. The van der Waals surface area contributed by atoms with E-state index < -0.39 is 4.92 Å². The quantitative estimate of drug-likeness (QED) is 0.682. The number of hydrogen-bond donors (Lipinski definition) is 1. The number of pyridine rings is 1. The van der Waals surface area contributed by atoms with Crippen LogP contribution >= 0.6 is 27.3 Å². The Hall–Kier alpha value is -1.98. The number of anilines is 1. The number of nitrogens with zero attached hydrogens (tertiary/aromatic N) is 3. The highest BCUT2D eigenvalue weighted by Crippen LogP contribution is 2.27. The van der Waals surface area contributed by atoms with E-state index in [9.17, 15) is 10.1 Å². The normalized spacial score (nSPS) is 9.89. The maximum absolute atomic E-state index is 11.0. The molecule has 0 bridgehead atoms. The maximum Gasteiger partial charge on any atom is 0.328 e. The van der Waals surface area contributed by atoms with Crippen molar-refractivity contribution in [2.24, 2.45) is 0 Å². The van der Waals surface area contributed by atoms with E-state index in [4.69, 9.17) is 5.26 Å². The van der Waals surface area contributed by atoms with E-state index in [1.807, 2.05) is 12.1 Å². The molecule has 0 fully saturated rings. The molecule has 0 aliphatic carbocycles. The van der Waals surface area contributed by atoms with Crippen LogP contribution < -0.4 is 5.32 Å². The van der Waals surface area contributed by atoms with E-state index in [-0.39, 0.29) is 17.1 Å². The Kier molecular flexibility index (Phi) is 4.09. The molecule has 0 aliphatic rings. The number of nitro groups is 1. The van der Waals surface area contributed by atoms with Gasteiger partial charge < -0.3 is 5.32 Å². The van der Waals surface area contributed by atoms with Gasteiger partial charge in [0.25, 0.3) is 0 Å². The lowest BCUT2D eigenvalue weighted by molar-refractivity contribution is -0.384. The SMILES string of the molecule is N#Cc1ccnc(NCc2ccc(Br)s2)c1[N+](=O)[O-]. The van der Waals surface area contributed by atoms with Crippen molar-refractivity contribution in [2.75, 3.05) is 5.32 Å². The highest BCUT2D eigenvalue weighted by molar-refractivity contribution is 9.11. The highest BCUT2D eigenvalue weighted by atomic mass is 79.9. The van der Waals surface area contributed by atoms with E-state index in [2.05, 4.69) is 26.2 Å². The summed E-state index contributed by atoms with van der Waals surface area (Å²) in [5.41, 5.74) is -0.296. The van der Waals surface area contributed by atoms with Crippen LogP contribution in [-0.2, 0) is 6.54 Å². The molecule has 19 heavy (non-hydrogen) atoms. The van der Waals surface area contributed by atoms with Crippen LogP contribution in [-0.4, -0.2) is 9.91 Å².